The standard InChI is InChI=1S/C17H21N3O4S/c1-6-23-15(21)13-10(2)19-14(25-13)11-7-8-12(18-9-11)20-16(22)24-17(3,4)5/h7-9H,6H2,1-5H3,(H,18,20,22). The molecule has 1 N–H and O–H groups in total. The topological polar surface area (TPSA) is 90.4 Å². The van der Waals surface area contributed by atoms with Crippen LogP contribution in [0.3, 0.4) is 0 Å². The van der Waals surface area contributed by atoms with Gasteiger partial charge in [-0.05, 0) is 46.8 Å². The number of thiazole rings is 1. The lowest BCUT2D eigenvalue weighted by Gasteiger charge is -2.19. The molecule has 0 aliphatic heterocycles. The van der Waals surface area contributed by atoms with Gasteiger partial charge >= 0.3 is 12.1 Å². The first-order chi connectivity index (χ1) is 11.7. The van der Waals surface area contributed by atoms with Crippen molar-refractivity contribution in [1.82, 2.24) is 9.97 Å². The number of hydrogen-bond donors (Lipinski definition) is 1. The third-order valence-electron chi connectivity index (χ3n) is 2.90. The number of nitrogens with zero attached hydrogens (tertiary/aromatic N) is 2. The zero-order valence-corrected chi connectivity index (χ0v) is 15.7. The summed E-state index contributed by atoms with van der Waals surface area (Å²) in [5.74, 6) is -0.00295. The van der Waals surface area contributed by atoms with Gasteiger partial charge < -0.3 is 9.47 Å². The first-order valence-electron chi connectivity index (χ1n) is 7.80. The number of aromatic nitrogens is 2. The van der Waals surface area contributed by atoms with Crippen LogP contribution in [0.2, 0.25) is 0 Å². The van der Waals surface area contributed by atoms with Crippen molar-refractivity contribution >= 4 is 29.2 Å². The first-order valence-corrected chi connectivity index (χ1v) is 8.62. The molecular weight excluding hydrogens is 342 g/mol. The van der Waals surface area contributed by atoms with E-state index in [0.717, 1.165) is 5.56 Å². The van der Waals surface area contributed by atoms with E-state index in [9.17, 15) is 9.59 Å². The van der Waals surface area contributed by atoms with Crippen LogP contribution in [0.15, 0.2) is 18.3 Å². The zero-order valence-electron chi connectivity index (χ0n) is 14.9. The van der Waals surface area contributed by atoms with Crippen LogP contribution in [0.1, 0.15) is 43.1 Å². The van der Waals surface area contributed by atoms with E-state index >= 15 is 0 Å². The number of pyridine rings is 1. The van der Waals surface area contributed by atoms with Crippen molar-refractivity contribution in [1.29, 1.82) is 0 Å². The Kier molecular flexibility index (Phi) is 5.73. The molecule has 0 spiro atoms. The van der Waals surface area contributed by atoms with Gasteiger partial charge in [0.1, 0.15) is 21.3 Å². The summed E-state index contributed by atoms with van der Waals surface area (Å²) >= 11 is 1.25. The smallest absolute Gasteiger partial charge is 0.413 e. The second-order valence-corrected chi connectivity index (χ2v) is 7.21. The van der Waals surface area contributed by atoms with Gasteiger partial charge in [-0.2, -0.15) is 0 Å². The van der Waals surface area contributed by atoms with Gasteiger partial charge in [-0.3, -0.25) is 5.32 Å². The molecule has 25 heavy (non-hydrogen) atoms. The fourth-order valence-electron chi connectivity index (χ4n) is 1.91. The average Bonchev–Trinajstić information content (AvgIpc) is 2.88. The second-order valence-electron chi connectivity index (χ2n) is 6.21. The Hall–Kier alpha value is -2.48. The maximum atomic E-state index is 11.9. The van der Waals surface area contributed by atoms with Crippen molar-refractivity contribution < 1.29 is 19.1 Å². The average molecular weight is 363 g/mol. The molecule has 0 aromatic carbocycles. The molecule has 134 valence electrons. The summed E-state index contributed by atoms with van der Waals surface area (Å²) < 4.78 is 10.2. The molecule has 2 aromatic rings. The Morgan fingerprint density at radius 1 is 1.28 bits per heavy atom. The summed E-state index contributed by atoms with van der Waals surface area (Å²) in [7, 11) is 0. The predicted octanol–water partition coefficient (Wildman–Crippen LogP) is 4.04. The van der Waals surface area contributed by atoms with E-state index in [0.29, 0.717) is 28.0 Å². The van der Waals surface area contributed by atoms with Crippen LogP contribution in [-0.4, -0.2) is 34.2 Å². The van der Waals surface area contributed by atoms with Gasteiger partial charge in [0.25, 0.3) is 0 Å². The Morgan fingerprint density at radius 2 is 2.00 bits per heavy atom. The fraction of sp³-hybridized carbons (Fsp3) is 0.412. The lowest BCUT2D eigenvalue weighted by Crippen LogP contribution is -2.27. The van der Waals surface area contributed by atoms with Gasteiger partial charge in [-0.1, -0.05) is 0 Å². The van der Waals surface area contributed by atoms with E-state index in [1.165, 1.54) is 11.3 Å². The number of aryl methyl sites for hydroxylation is 1. The number of amides is 1. The molecule has 7 nitrogen and oxygen atoms in total. The molecule has 0 bridgehead atoms. The number of esters is 1. The molecule has 2 rings (SSSR count). The van der Waals surface area contributed by atoms with Gasteiger partial charge in [0.2, 0.25) is 0 Å². The summed E-state index contributed by atoms with van der Waals surface area (Å²) in [5.41, 5.74) is 0.791. The van der Waals surface area contributed by atoms with Gasteiger partial charge in [0.15, 0.2) is 0 Å². The van der Waals surface area contributed by atoms with Gasteiger partial charge in [0, 0.05) is 11.8 Å². The van der Waals surface area contributed by atoms with Crippen LogP contribution in [-0.2, 0) is 9.47 Å². The maximum absolute atomic E-state index is 11.9. The molecule has 1 amide bonds. The minimum absolute atomic E-state index is 0.318. The molecule has 0 aliphatic carbocycles. The van der Waals surface area contributed by atoms with E-state index in [4.69, 9.17) is 9.47 Å². The number of carbonyl (C=O) groups is 2. The molecular formula is C17H21N3O4S. The molecule has 0 saturated carbocycles. The summed E-state index contributed by atoms with van der Waals surface area (Å²) in [6.07, 6.45) is 1.02. The van der Waals surface area contributed by atoms with Crippen molar-refractivity contribution in [3.05, 3.63) is 28.9 Å². The quantitative estimate of drug-likeness (QED) is 0.825. The van der Waals surface area contributed by atoms with E-state index in [1.54, 1.807) is 52.9 Å². The fourth-order valence-corrected chi connectivity index (χ4v) is 2.86. The van der Waals surface area contributed by atoms with Crippen molar-refractivity contribution in [2.24, 2.45) is 0 Å². The summed E-state index contributed by atoms with van der Waals surface area (Å²) in [4.78, 5) is 32.7. The molecule has 2 aromatic heterocycles. The number of nitrogens with one attached hydrogen (secondary N) is 1. The maximum Gasteiger partial charge on any atom is 0.413 e. The molecule has 0 radical (unpaired) electrons. The van der Waals surface area contributed by atoms with Crippen LogP contribution < -0.4 is 5.32 Å². The third kappa shape index (κ3) is 5.25. The number of carbonyl (C=O) groups excluding carboxylic acids is 2. The minimum atomic E-state index is -0.577. The molecule has 0 unspecified atom stereocenters. The van der Waals surface area contributed by atoms with Gasteiger partial charge in [-0.15, -0.1) is 11.3 Å². The van der Waals surface area contributed by atoms with E-state index in [1.807, 2.05) is 0 Å². The highest BCUT2D eigenvalue weighted by Crippen LogP contribution is 2.28. The Balaban J connectivity index is 2.11. The van der Waals surface area contributed by atoms with Crippen LogP contribution >= 0.6 is 11.3 Å². The number of hydrogen-bond acceptors (Lipinski definition) is 7. The number of anilines is 1. The minimum Gasteiger partial charge on any atom is -0.462 e. The molecule has 0 saturated heterocycles. The SMILES string of the molecule is CCOC(=O)c1sc(-c2ccc(NC(=O)OC(C)(C)C)nc2)nc1C. The zero-order chi connectivity index (χ0) is 18.6. The highest BCUT2D eigenvalue weighted by atomic mass is 32.1. The summed E-state index contributed by atoms with van der Waals surface area (Å²) in [6.45, 7) is 9.20. The second kappa shape index (κ2) is 7.60. The predicted molar refractivity (Wildman–Crippen MR) is 95.9 cm³/mol. The van der Waals surface area contributed by atoms with Crippen molar-refractivity contribution in [3.63, 3.8) is 0 Å². The lowest BCUT2D eigenvalue weighted by molar-refractivity contribution is 0.0530. The largest absolute Gasteiger partial charge is 0.462 e. The first kappa shape index (κ1) is 18.9. The summed E-state index contributed by atoms with van der Waals surface area (Å²) in [6, 6.07) is 3.42. The summed E-state index contributed by atoms with van der Waals surface area (Å²) in [5, 5.41) is 3.23. The normalized spacial score (nSPS) is 11.1. The highest BCUT2D eigenvalue weighted by Gasteiger charge is 2.18. The third-order valence-corrected chi connectivity index (χ3v) is 4.08. The van der Waals surface area contributed by atoms with E-state index in [-0.39, 0.29) is 5.97 Å². The number of rotatable bonds is 4. The number of ether oxygens (including phenoxy) is 2. The van der Waals surface area contributed by atoms with Crippen molar-refractivity contribution in [2.75, 3.05) is 11.9 Å². The molecule has 8 heteroatoms. The van der Waals surface area contributed by atoms with Crippen LogP contribution in [0.25, 0.3) is 10.6 Å². The van der Waals surface area contributed by atoms with Crippen molar-refractivity contribution in [3.8, 4) is 10.6 Å². The van der Waals surface area contributed by atoms with E-state index in [2.05, 4.69) is 15.3 Å². The lowest BCUT2D eigenvalue weighted by atomic mass is 10.2. The molecule has 2 heterocycles. The molecule has 0 aliphatic rings. The monoisotopic (exact) mass is 363 g/mol. The molecule has 0 atom stereocenters. The Bertz CT molecular complexity index is 763. The van der Waals surface area contributed by atoms with E-state index < -0.39 is 11.7 Å². The van der Waals surface area contributed by atoms with Crippen LogP contribution in [0.4, 0.5) is 10.6 Å². The van der Waals surface area contributed by atoms with Crippen LogP contribution in [0, 0.1) is 6.92 Å². The van der Waals surface area contributed by atoms with Crippen LogP contribution in [0.5, 0.6) is 0 Å². The molecule has 0 fully saturated rings. The highest BCUT2D eigenvalue weighted by molar-refractivity contribution is 7.17. The Morgan fingerprint density at radius 3 is 2.56 bits per heavy atom. The Labute approximate surface area is 150 Å². The van der Waals surface area contributed by atoms with Gasteiger partial charge in [-0.25, -0.2) is 19.6 Å². The van der Waals surface area contributed by atoms with Crippen molar-refractivity contribution in [2.45, 2.75) is 40.2 Å². The van der Waals surface area contributed by atoms with Gasteiger partial charge in [0.05, 0.1) is 12.3 Å².